The van der Waals surface area contributed by atoms with Crippen LogP contribution in [0.3, 0.4) is 0 Å². The molecule has 1 aliphatic heterocycles. The maximum atomic E-state index is 15.2. The summed E-state index contributed by atoms with van der Waals surface area (Å²) in [6.45, 7) is 6.36. The van der Waals surface area contributed by atoms with Crippen LogP contribution >= 0.6 is 0 Å². The fraction of sp³-hybridized carbons (Fsp3) is 0.385. The van der Waals surface area contributed by atoms with Crippen LogP contribution in [-0.4, -0.2) is 105 Å². The third-order valence-corrected chi connectivity index (χ3v) is 14.7. The van der Waals surface area contributed by atoms with Crippen molar-refractivity contribution in [2.45, 2.75) is 101 Å². The Balaban J connectivity index is 1.29. The van der Waals surface area contributed by atoms with E-state index in [9.17, 15) is 43.3 Å². The summed E-state index contributed by atoms with van der Waals surface area (Å²) in [5, 5.41) is 40.8. The molecule has 2 saturated carbocycles. The molecule has 4 aromatic rings. The largest absolute Gasteiger partial charge is 0.455 e. The van der Waals surface area contributed by atoms with Crippen LogP contribution in [0.5, 0.6) is 0 Å². The van der Waals surface area contributed by atoms with Gasteiger partial charge in [-0.1, -0.05) is 80.6 Å². The number of nitrogens with one attached hydrogen (secondary N) is 1. The molecule has 3 fully saturated rings. The molecule has 18 heteroatoms. The van der Waals surface area contributed by atoms with Gasteiger partial charge in [0, 0.05) is 30.7 Å². The number of halogens is 3. The molecule has 15 nitrogen and oxygen atoms in total. The molecule has 0 spiro atoms. The van der Waals surface area contributed by atoms with E-state index in [-0.39, 0.29) is 40.9 Å². The second kappa shape index (κ2) is 18.5. The summed E-state index contributed by atoms with van der Waals surface area (Å²) in [7, 11) is 0. The lowest BCUT2D eigenvalue weighted by molar-refractivity contribution is -0.346. The van der Waals surface area contributed by atoms with Gasteiger partial charge in [-0.05, 0) is 67.0 Å². The van der Waals surface area contributed by atoms with Gasteiger partial charge in [0.05, 0.1) is 35.2 Å². The van der Waals surface area contributed by atoms with E-state index in [1.54, 1.807) is 42.5 Å². The van der Waals surface area contributed by atoms with E-state index in [4.69, 9.17) is 23.7 Å². The van der Waals surface area contributed by atoms with Crippen LogP contribution in [0.25, 0.3) is 0 Å². The Hall–Kier alpha value is -6.73. The summed E-state index contributed by atoms with van der Waals surface area (Å²) in [4.78, 5) is 85.4. The number of esters is 4. The average Bonchev–Trinajstić information content (AvgIpc) is 3.33. The number of rotatable bonds is 11. The molecule has 4 aromatic carbocycles. The molecule has 1 amide bonds. The summed E-state index contributed by atoms with van der Waals surface area (Å²) in [6, 6.07) is 22.2. The Labute approximate surface area is 399 Å². The van der Waals surface area contributed by atoms with Crippen molar-refractivity contribution in [3.63, 3.8) is 0 Å². The molecule has 3 aliphatic carbocycles. The normalized spacial score (nSPS) is 29.6. The maximum Gasteiger partial charge on any atom is 0.350 e. The topological polar surface area (TPSA) is 221 Å². The highest BCUT2D eigenvalue weighted by atomic mass is 19.2. The number of ether oxygens (including phenoxy) is 5. The van der Waals surface area contributed by atoms with Crippen LogP contribution in [-0.2, 0) is 38.1 Å². The number of carbonyl (C=O) groups excluding carboxylic acids is 6. The molecule has 8 rings (SSSR count). The summed E-state index contributed by atoms with van der Waals surface area (Å²) in [5.41, 5.74) is -9.46. The second-order valence-electron chi connectivity index (χ2n) is 18.9. The zero-order valence-corrected chi connectivity index (χ0v) is 38.5. The van der Waals surface area contributed by atoms with Crippen LogP contribution < -0.4 is 5.32 Å². The quantitative estimate of drug-likeness (QED) is 0.0636. The number of aliphatic hydroxyl groups excluding tert-OH is 2. The zero-order chi connectivity index (χ0) is 50.7. The Morgan fingerprint density at radius 2 is 1.40 bits per heavy atom. The van der Waals surface area contributed by atoms with Gasteiger partial charge in [0.2, 0.25) is 6.10 Å². The van der Waals surface area contributed by atoms with Gasteiger partial charge in [0.1, 0.15) is 36.1 Å². The summed E-state index contributed by atoms with van der Waals surface area (Å²) in [6.07, 6.45) is -11.9. The summed E-state index contributed by atoms with van der Waals surface area (Å²) >= 11 is 0. The van der Waals surface area contributed by atoms with E-state index >= 15 is 14.0 Å². The van der Waals surface area contributed by atoms with Crippen molar-refractivity contribution in [2.75, 3.05) is 6.61 Å². The molecule has 2 bridgehead atoms. The third kappa shape index (κ3) is 8.15. The highest BCUT2D eigenvalue weighted by Crippen LogP contribution is 2.64. The standard InChI is InChI=1S/C52H50F3NO14/c1-26-33(67-48(64)41(68-47(63)31-21-22-32(53)38(55)37(31)54)39(28-15-9-6-10-16-28)56-45(61)29-17-11-7-12-18-29)24-52(65)44(69-46(62)30-19-13-8-14-20-30)42-50(5,43(60)40(59)36(26)49(52,3)4)34(58)23-35-51(42,25-66-35)70-27(2)57/h6-22,33-35,39-42,44,58-59,65H,23-25H2,1-5H3,(H,56,61)/t33-,34-,35+,39-,40+,41+,42?,44-,50+,51-,52+/m0/s1. The van der Waals surface area contributed by atoms with E-state index in [2.05, 4.69) is 5.32 Å². The number of carbonyl (C=O) groups is 6. The van der Waals surface area contributed by atoms with Gasteiger partial charge in [-0.15, -0.1) is 0 Å². The average molecular weight is 970 g/mol. The third-order valence-electron chi connectivity index (χ3n) is 14.7. The van der Waals surface area contributed by atoms with Crippen LogP contribution in [0.1, 0.15) is 90.1 Å². The van der Waals surface area contributed by atoms with Gasteiger partial charge in [-0.25, -0.2) is 27.6 Å². The molecule has 0 radical (unpaired) electrons. The number of aliphatic hydroxyl groups is 3. The molecule has 1 unspecified atom stereocenters. The minimum absolute atomic E-state index is 0.00398. The lowest BCUT2D eigenvalue weighted by Crippen LogP contribution is -2.81. The first kappa shape index (κ1) is 49.7. The van der Waals surface area contributed by atoms with Gasteiger partial charge in [0.15, 0.2) is 28.8 Å². The minimum Gasteiger partial charge on any atom is -0.455 e. The van der Waals surface area contributed by atoms with Gasteiger partial charge < -0.3 is 44.3 Å². The van der Waals surface area contributed by atoms with Crippen molar-refractivity contribution in [1.82, 2.24) is 5.32 Å². The van der Waals surface area contributed by atoms with Gasteiger partial charge in [-0.2, -0.15) is 0 Å². The summed E-state index contributed by atoms with van der Waals surface area (Å²) in [5.74, 6) is -14.1. The molecule has 1 saturated heterocycles. The molecular weight excluding hydrogens is 920 g/mol. The first-order chi connectivity index (χ1) is 33.1. The molecule has 11 atom stereocenters. The monoisotopic (exact) mass is 969 g/mol. The van der Waals surface area contributed by atoms with Crippen molar-refractivity contribution in [3.8, 4) is 0 Å². The Bertz CT molecular complexity index is 2770. The number of benzene rings is 4. The van der Waals surface area contributed by atoms with E-state index in [1.165, 1.54) is 76.2 Å². The minimum atomic E-state index is -2.55. The van der Waals surface area contributed by atoms with Crippen molar-refractivity contribution in [1.29, 1.82) is 0 Å². The molecule has 1 heterocycles. The van der Waals surface area contributed by atoms with E-state index in [0.717, 1.165) is 6.92 Å². The fourth-order valence-corrected chi connectivity index (χ4v) is 10.9. The van der Waals surface area contributed by atoms with Crippen molar-refractivity contribution < 1.29 is 80.9 Å². The molecule has 4 aliphatic rings. The lowest BCUT2D eigenvalue weighted by atomic mass is 9.44. The second-order valence-corrected chi connectivity index (χ2v) is 18.9. The van der Waals surface area contributed by atoms with E-state index in [0.29, 0.717) is 12.1 Å². The SMILES string of the molecule is CC(=O)O[C@@]12CO[C@@H]1C[C@H](O)[C@@]1(C)C(=O)[C@H](O)C3=C(C)[C@@H](OC(=O)[C@H](OC(=O)c4ccc(F)c(F)c4F)[C@@H](NC(=O)c4ccccc4)c4ccccc4)C[C@@](O)([C@@H](OC(=O)c4ccccc4)C12)C3(C)C. The highest BCUT2D eigenvalue weighted by Gasteiger charge is 2.78. The van der Waals surface area contributed by atoms with Crippen LogP contribution in [0, 0.1) is 34.2 Å². The number of hydrogen-bond donors (Lipinski definition) is 4. The number of fused-ring (bicyclic) bond motifs is 5. The Kier molecular flexibility index (Phi) is 13.2. The smallest absolute Gasteiger partial charge is 0.350 e. The molecule has 70 heavy (non-hydrogen) atoms. The lowest BCUT2D eigenvalue weighted by Gasteiger charge is -2.67. The van der Waals surface area contributed by atoms with Crippen molar-refractivity contribution in [3.05, 3.63) is 154 Å². The van der Waals surface area contributed by atoms with E-state index < -0.39 is 136 Å². The van der Waals surface area contributed by atoms with Crippen LogP contribution in [0.2, 0.25) is 0 Å². The first-order valence-corrected chi connectivity index (χ1v) is 22.5. The van der Waals surface area contributed by atoms with E-state index in [1.807, 2.05) is 0 Å². The maximum absolute atomic E-state index is 15.2. The van der Waals surface area contributed by atoms with Crippen molar-refractivity contribution >= 4 is 35.6 Å². The number of amides is 1. The summed E-state index contributed by atoms with van der Waals surface area (Å²) < 4.78 is 73.9. The zero-order valence-electron chi connectivity index (χ0n) is 38.5. The van der Waals surface area contributed by atoms with Gasteiger partial charge >= 0.3 is 23.9 Å². The predicted octanol–water partition coefficient (Wildman–Crippen LogP) is 5.45. The van der Waals surface area contributed by atoms with Gasteiger partial charge in [0.25, 0.3) is 5.91 Å². The molecule has 0 aromatic heterocycles. The van der Waals surface area contributed by atoms with Crippen molar-refractivity contribution in [2.24, 2.45) is 16.7 Å². The van der Waals surface area contributed by atoms with Gasteiger partial charge in [-0.3, -0.25) is 14.4 Å². The number of ketones is 1. The highest BCUT2D eigenvalue weighted by molar-refractivity contribution is 5.96. The Morgan fingerprint density at radius 1 is 0.800 bits per heavy atom. The predicted molar refractivity (Wildman–Crippen MR) is 238 cm³/mol. The Morgan fingerprint density at radius 3 is 1.99 bits per heavy atom. The number of Topliss-reactive ketones (excluding diaryl/α,β-unsaturated/α-hetero) is 1. The molecule has 4 N–H and O–H groups in total. The van der Waals surface area contributed by atoms with Crippen LogP contribution in [0.15, 0.2) is 114 Å². The fourth-order valence-electron chi connectivity index (χ4n) is 10.9. The molecular formula is C52H50F3NO14. The molecule has 368 valence electrons. The first-order valence-electron chi connectivity index (χ1n) is 22.5. The van der Waals surface area contributed by atoms with Crippen LogP contribution in [0.4, 0.5) is 13.2 Å². The number of hydrogen-bond acceptors (Lipinski definition) is 14.